The molecule has 1 N–H and O–H groups in total. The van der Waals surface area contributed by atoms with Crippen LogP contribution in [-0.2, 0) is 16.0 Å². The van der Waals surface area contributed by atoms with E-state index in [1.807, 2.05) is 38.1 Å². The zero-order valence-corrected chi connectivity index (χ0v) is 14.7. The molecule has 24 heavy (non-hydrogen) atoms. The Labute approximate surface area is 143 Å². The zero-order chi connectivity index (χ0) is 17.7. The first-order valence-corrected chi connectivity index (χ1v) is 8.53. The van der Waals surface area contributed by atoms with Gasteiger partial charge in [0.2, 0.25) is 5.91 Å². The minimum Gasteiger partial charge on any atom is -0.496 e. The summed E-state index contributed by atoms with van der Waals surface area (Å²) in [5, 5.41) is 9.24. The molecule has 5 heteroatoms. The quantitative estimate of drug-likeness (QED) is 0.869. The molecule has 0 bridgehead atoms. The summed E-state index contributed by atoms with van der Waals surface area (Å²) >= 11 is 0. The number of likely N-dealkylation sites (tertiary alicyclic amines) is 1. The van der Waals surface area contributed by atoms with Crippen molar-refractivity contribution in [3.05, 3.63) is 29.8 Å². The number of benzene rings is 1. The van der Waals surface area contributed by atoms with Gasteiger partial charge in [-0.15, -0.1) is 0 Å². The molecule has 1 heterocycles. The van der Waals surface area contributed by atoms with Gasteiger partial charge in [-0.1, -0.05) is 32.0 Å². The van der Waals surface area contributed by atoms with Gasteiger partial charge in [0.05, 0.1) is 13.0 Å². The van der Waals surface area contributed by atoms with Crippen LogP contribution in [0.4, 0.5) is 0 Å². The Morgan fingerprint density at radius 3 is 2.71 bits per heavy atom. The summed E-state index contributed by atoms with van der Waals surface area (Å²) in [6.07, 6.45) is 1.84. The van der Waals surface area contributed by atoms with Crippen molar-refractivity contribution >= 4 is 11.9 Å². The fourth-order valence-corrected chi connectivity index (χ4v) is 3.48. The smallest absolute Gasteiger partial charge is 0.308 e. The van der Waals surface area contributed by atoms with Crippen LogP contribution in [0.25, 0.3) is 0 Å². The minimum atomic E-state index is -0.804. The van der Waals surface area contributed by atoms with E-state index in [2.05, 4.69) is 0 Å². The first-order valence-electron chi connectivity index (χ1n) is 8.53. The van der Waals surface area contributed by atoms with Crippen LogP contribution in [-0.4, -0.2) is 42.1 Å². The standard InChI is InChI=1S/C19H27NO4/c1-13(8-15-6-4-5-7-17(15)24-3)10-18(21)20-11-14(2)9-16(12-20)19(22)23/h4-7,13-14,16H,8-12H2,1-3H3,(H,22,23). The van der Waals surface area contributed by atoms with Crippen molar-refractivity contribution in [3.8, 4) is 5.75 Å². The van der Waals surface area contributed by atoms with E-state index in [0.717, 1.165) is 17.7 Å². The molecule has 0 saturated carbocycles. The Hall–Kier alpha value is -2.04. The molecule has 2 rings (SSSR count). The second-order valence-electron chi connectivity index (χ2n) is 7.00. The first-order chi connectivity index (χ1) is 11.4. The molecule has 3 atom stereocenters. The number of carbonyl (C=O) groups is 2. The first kappa shape index (κ1) is 18.3. The Balaban J connectivity index is 1.94. The van der Waals surface area contributed by atoms with E-state index in [4.69, 9.17) is 4.74 Å². The Bertz CT molecular complexity index is 586. The van der Waals surface area contributed by atoms with Gasteiger partial charge < -0.3 is 14.7 Å². The maximum atomic E-state index is 12.6. The van der Waals surface area contributed by atoms with Crippen molar-refractivity contribution in [2.45, 2.75) is 33.1 Å². The van der Waals surface area contributed by atoms with Crippen LogP contribution in [0, 0.1) is 17.8 Å². The van der Waals surface area contributed by atoms with Gasteiger partial charge >= 0.3 is 5.97 Å². The number of piperidine rings is 1. The van der Waals surface area contributed by atoms with Crippen LogP contribution >= 0.6 is 0 Å². The predicted octanol–water partition coefficient (Wildman–Crippen LogP) is 2.83. The number of ether oxygens (including phenoxy) is 1. The predicted molar refractivity (Wildman–Crippen MR) is 92.0 cm³/mol. The van der Waals surface area contributed by atoms with Gasteiger partial charge in [0.1, 0.15) is 5.75 Å². The maximum absolute atomic E-state index is 12.6. The van der Waals surface area contributed by atoms with Crippen molar-refractivity contribution < 1.29 is 19.4 Å². The van der Waals surface area contributed by atoms with E-state index in [1.54, 1.807) is 12.0 Å². The van der Waals surface area contributed by atoms with Crippen molar-refractivity contribution in [2.24, 2.45) is 17.8 Å². The average molecular weight is 333 g/mol. The molecule has 1 aromatic carbocycles. The molecule has 0 spiro atoms. The van der Waals surface area contributed by atoms with Gasteiger partial charge in [-0.3, -0.25) is 9.59 Å². The topological polar surface area (TPSA) is 66.8 Å². The van der Waals surface area contributed by atoms with E-state index in [1.165, 1.54) is 0 Å². The lowest BCUT2D eigenvalue weighted by atomic mass is 9.89. The summed E-state index contributed by atoms with van der Waals surface area (Å²) in [7, 11) is 1.65. The highest BCUT2D eigenvalue weighted by Gasteiger charge is 2.32. The van der Waals surface area contributed by atoms with E-state index in [9.17, 15) is 14.7 Å². The van der Waals surface area contributed by atoms with Crippen LogP contribution in [0.3, 0.4) is 0 Å². The Morgan fingerprint density at radius 1 is 1.33 bits per heavy atom. The maximum Gasteiger partial charge on any atom is 0.308 e. The number of methoxy groups -OCH3 is 1. The molecule has 1 amide bonds. The van der Waals surface area contributed by atoms with E-state index >= 15 is 0 Å². The largest absolute Gasteiger partial charge is 0.496 e. The number of carboxylic acid groups (broad SMARTS) is 1. The van der Waals surface area contributed by atoms with E-state index < -0.39 is 11.9 Å². The van der Waals surface area contributed by atoms with Crippen molar-refractivity contribution in [1.29, 1.82) is 0 Å². The van der Waals surface area contributed by atoms with Gasteiger partial charge in [-0.05, 0) is 36.3 Å². The number of hydrogen-bond acceptors (Lipinski definition) is 3. The van der Waals surface area contributed by atoms with Crippen molar-refractivity contribution in [3.63, 3.8) is 0 Å². The van der Waals surface area contributed by atoms with Crippen LogP contribution in [0.2, 0.25) is 0 Å². The fraction of sp³-hybridized carbons (Fsp3) is 0.579. The lowest BCUT2D eigenvalue weighted by Crippen LogP contribution is -2.45. The summed E-state index contributed by atoms with van der Waals surface area (Å²) in [6.45, 7) is 5.05. The second kappa shape index (κ2) is 8.18. The highest BCUT2D eigenvalue weighted by atomic mass is 16.5. The molecule has 1 fully saturated rings. The van der Waals surface area contributed by atoms with Crippen LogP contribution < -0.4 is 4.74 Å². The van der Waals surface area contributed by atoms with Crippen molar-refractivity contribution in [2.75, 3.05) is 20.2 Å². The Morgan fingerprint density at radius 2 is 2.04 bits per heavy atom. The lowest BCUT2D eigenvalue weighted by molar-refractivity contribution is -0.147. The summed E-state index contributed by atoms with van der Waals surface area (Å²) in [5.41, 5.74) is 1.09. The molecule has 1 aliphatic rings. The van der Waals surface area contributed by atoms with E-state index in [0.29, 0.717) is 25.9 Å². The molecule has 0 aromatic heterocycles. The van der Waals surface area contributed by atoms with Gasteiger partial charge in [0, 0.05) is 19.5 Å². The number of aliphatic carboxylic acids is 1. The molecule has 1 aromatic rings. The Kier molecular flexibility index (Phi) is 6.23. The number of hydrogen-bond donors (Lipinski definition) is 1. The molecular weight excluding hydrogens is 306 g/mol. The van der Waals surface area contributed by atoms with Crippen molar-refractivity contribution in [1.82, 2.24) is 4.90 Å². The lowest BCUT2D eigenvalue weighted by Gasteiger charge is -2.35. The minimum absolute atomic E-state index is 0.0511. The molecule has 0 radical (unpaired) electrons. The summed E-state index contributed by atoms with van der Waals surface area (Å²) in [6, 6.07) is 7.84. The number of amides is 1. The molecule has 132 valence electrons. The molecule has 3 unspecified atom stereocenters. The molecule has 1 saturated heterocycles. The average Bonchev–Trinajstić information content (AvgIpc) is 2.54. The third-order valence-electron chi connectivity index (χ3n) is 4.65. The number of carboxylic acids is 1. The van der Waals surface area contributed by atoms with E-state index in [-0.39, 0.29) is 17.7 Å². The highest BCUT2D eigenvalue weighted by molar-refractivity contribution is 5.78. The fourth-order valence-electron chi connectivity index (χ4n) is 3.48. The SMILES string of the molecule is COc1ccccc1CC(C)CC(=O)N1CC(C)CC(C(=O)O)C1. The monoisotopic (exact) mass is 333 g/mol. The van der Waals surface area contributed by atoms with Gasteiger partial charge in [-0.25, -0.2) is 0 Å². The van der Waals surface area contributed by atoms with Gasteiger partial charge in [0.15, 0.2) is 0 Å². The third-order valence-corrected chi connectivity index (χ3v) is 4.65. The molecule has 5 nitrogen and oxygen atoms in total. The van der Waals surface area contributed by atoms with Gasteiger partial charge in [0.25, 0.3) is 0 Å². The summed E-state index contributed by atoms with van der Waals surface area (Å²) < 4.78 is 5.36. The van der Waals surface area contributed by atoms with Gasteiger partial charge in [-0.2, -0.15) is 0 Å². The third kappa shape index (κ3) is 4.73. The summed E-state index contributed by atoms with van der Waals surface area (Å²) in [5.74, 6) is 0.0517. The summed E-state index contributed by atoms with van der Waals surface area (Å²) in [4.78, 5) is 25.5. The number of carbonyl (C=O) groups excluding carboxylic acids is 1. The highest BCUT2D eigenvalue weighted by Crippen LogP contribution is 2.25. The number of para-hydroxylation sites is 1. The van der Waals surface area contributed by atoms with Crippen LogP contribution in [0.5, 0.6) is 5.75 Å². The number of nitrogens with zero attached hydrogens (tertiary/aromatic N) is 1. The van der Waals surface area contributed by atoms with Crippen LogP contribution in [0.15, 0.2) is 24.3 Å². The second-order valence-corrected chi connectivity index (χ2v) is 7.00. The molecular formula is C19H27NO4. The normalized spacial score (nSPS) is 22.0. The number of rotatable bonds is 6. The van der Waals surface area contributed by atoms with Crippen LogP contribution in [0.1, 0.15) is 32.3 Å². The zero-order valence-electron chi connectivity index (χ0n) is 14.7. The molecule has 0 aliphatic carbocycles. The molecule has 1 aliphatic heterocycles.